The van der Waals surface area contributed by atoms with Crippen molar-refractivity contribution >= 4 is 16.8 Å². The molecule has 0 N–H and O–H groups in total. The fourth-order valence-corrected chi connectivity index (χ4v) is 6.87. The fraction of sp³-hybridized carbons (Fsp3) is 0.481. The molecular formula is C27H29NO. The Hall–Kier alpha value is -2.22. The molecule has 148 valence electrons. The SMILES string of the molecule is CC1=c2cc3c4c(c2Oc2c1cc1c5c2CCCN5CCC1)CCCC=4CCC3. The van der Waals surface area contributed by atoms with E-state index in [2.05, 4.69) is 24.0 Å². The van der Waals surface area contributed by atoms with E-state index in [1.807, 2.05) is 0 Å². The second-order valence-corrected chi connectivity index (χ2v) is 9.74. The highest BCUT2D eigenvalue weighted by molar-refractivity contribution is 5.82. The summed E-state index contributed by atoms with van der Waals surface area (Å²) in [5, 5.41) is 2.98. The lowest BCUT2D eigenvalue weighted by atomic mass is 9.80. The van der Waals surface area contributed by atoms with Gasteiger partial charge in [-0.25, -0.2) is 0 Å². The summed E-state index contributed by atoms with van der Waals surface area (Å²) < 4.78 is 6.93. The quantitative estimate of drug-likeness (QED) is 0.663. The average molecular weight is 384 g/mol. The summed E-state index contributed by atoms with van der Waals surface area (Å²) in [6, 6.07) is 4.97. The molecule has 0 saturated heterocycles. The molecular weight excluding hydrogens is 354 g/mol. The first-order chi connectivity index (χ1) is 14.3. The molecule has 2 aliphatic carbocycles. The summed E-state index contributed by atoms with van der Waals surface area (Å²) in [6.07, 6.45) is 12.6. The van der Waals surface area contributed by atoms with Crippen LogP contribution in [-0.2, 0) is 25.7 Å². The second-order valence-electron chi connectivity index (χ2n) is 9.74. The number of nitrogens with zero attached hydrogens (tertiary/aromatic N) is 1. The van der Waals surface area contributed by atoms with Crippen LogP contribution in [0.4, 0.5) is 5.69 Å². The summed E-state index contributed by atoms with van der Waals surface area (Å²) >= 11 is 0. The van der Waals surface area contributed by atoms with Crippen molar-refractivity contribution < 1.29 is 4.74 Å². The largest absolute Gasteiger partial charge is 0.455 e. The highest BCUT2D eigenvalue weighted by atomic mass is 16.5. The van der Waals surface area contributed by atoms with Gasteiger partial charge in [-0.15, -0.1) is 0 Å². The van der Waals surface area contributed by atoms with Crippen molar-refractivity contribution in [1.29, 1.82) is 0 Å². The van der Waals surface area contributed by atoms with Crippen molar-refractivity contribution in [2.24, 2.45) is 0 Å². The van der Waals surface area contributed by atoms with Crippen LogP contribution < -0.4 is 20.1 Å². The van der Waals surface area contributed by atoms with Crippen LogP contribution in [0.5, 0.6) is 11.5 Å². The minimum Gasteiger partial charge on any atom is -0.455 e. The Morgan fingerprint density at radius 3 is 2.41 bits per heavy atom. The van der Waals surface area contributed by atoms with Crippen LogP contribution in [0.2, 0.25) is 0 Å². The van der Waals surface area contributed by atoms with Crippen LogP contribution in [-0.4, -0.2) is 13.1 Å². The topological polar surface area (TPSA) is 12.5 Å². The highest BCUT2D eigenvalue weighted by Gasteiger charge is 2.32. The fourth-order valence-electron chi connectivity index (χ4n) is 6.87. The van der Waals surface area contributed by atoms with Crippen molar-refractivity contribution in [2.45, 2.75) is 71.1 Å². The van der Waals surface area contributed by atoms with Crippen molar-refractivity contribution in [3.8, 4) is 11.5 Å². The monoisotopic (exact) mass is 383 g/mol. The Bertz CT molecular complexity index is 1200. The first kappa shape index (κ1) is 16.6. The Balaban J connectivity index is 1.56. The Morgan fingerprint density at radius 1 is 0.759 bits per heavy atom. The Kier molecular flexibility index (Phi) is 3.37. The van der Waals surface area contributed by atoms with Gasteiger partial charge in [-0.05, 0) is 105 Å². The third-order valence-corrected chi connectivity index (χ3v) is 8.13. The molecule has 0 fully saturated rings. The summed E-state index contributed by atoms with van der Waals surface area (Å²) in [5.74, 6) is 2.40. The van der Waals surface area contributed by atoms with Gasteiger partial charge in [0, 0.05) is 40.7 Å². The van der Waals surface area contributed by atoms with Gasteiger partial charge in [0.25, 0.3) is 0 Å². The van der Waals surface area contributed by atoms with Gasteiger partial charge >= 0.3 is 0 Å². The first-order valence-electron chi connectivity index (χ1n) is 11.8. The maximum atomic E-state index is 6.93. The predicted molar refractivity (Wildman–Crippen MR) is 119 cm³/mol. The van der Waals surface area contributed by atoms with Crippen molar-refractivity contribution in [1.82, 2.24) is 0 Å². The molecule has 0 radical (unpaired) electrons. The standard InChI is InChI=1S/C27H29NO/c1-16-22-14-18-8-2-6-17-7-3-10-20(24(17)18)26(22)29-27-21-11-5-13-28-12-4-9-19(25(21)28)15-23(16)27/h14-15H,2-13H2,1H3. The molecule has 0 aromatic heterocycles. The number of aryl methyl sites for hydroxylation is 2. The molecule has 5 aliphatic rings. The Morgan fingerprint density at radius 2 is 1.52 bits per heavy atom. The summed E-state index contributed by atoms with van der Waals surface area (Å²) in [4.78, 5) is 2.63. The van der Waals surface area contributed by atoms with E-state index in [0.717, 1.165) is 0 Å². The van der Waals surface area contributed by atoms with E-state index in [0.29, 0.717) is 0 Å². The number of benzene rings is 2. The van der Waals surface area contributed by atoms with Crippen LogP contribution in [0.3, 0.4) is 0 Å². The molecule has 0 spiro atoms. The minimum absolute atomic E-state index is 1.17. The predicted octanol–water partition coefficient (Wildman–Crippen LogP) is 4.53. The van der Waals surface area contributed by atoms with Gasteiger partial charge in [-0.3, -0.25) is 0 Å². The van der Waals surface area contributed by atoms with E-state index in [1.54, 1.807) is 21.9 Å². The minimum atomic E-state index is 1.17. The third kappa shape index (κ3) is 2.18. The number of ether oxygens (including phenoxy) is 1. The van der Waals surface area contributed by atoms with E-state index < -0.39 is 0 Å². The molecule has 0 unspecified atom stereocenters. The number of anilines is 1. The third-order valence-electron chi connectivity index (χ3n) is 8.13. The lowest BCUT2D eigenvalue weighted by Crippen LogP contribution is -2.36. The molecule has 2 aromatic rings. The molecule has 0 bridgehead atoms. The maximum Gasteiger partial charge on any atom is 0.140 e. The number of hydrogen-bond donors (Lipinski definition) is 0. The van der Waals surface area contributed by atoms with Crippen molar-refractivity contribution in [3.05, 3.63) is 50.4 Å². The zero-order valence-corrected chi connectivity index (χ0v) is 17.5. The lowest BCUT2D eigenvalue weighted by molar-refractivity contribution is 0.451. The van der Waals surface area contributed by atoms with Gasteiger partial charge in [0.15, 0.2) is 0 Å². The van der Waals surface area contributed by atoms with E-state index in [-0.39, 0.29) is 0 Å². The van der Waals surface area contributed by atoms with Gasteiger partial charge in [0.2, 0.25) is 0 Å². The zero-order valence-electron chi connectivity index (χ0n) is 17.5. The molecule has 0 atom stereocenters. The van der Waals surface area contributed by atoms with Crippen LogP contribution in [0.1, 0.15) is 73.3 Å². The van der Waals surface area contributed by atoms with Crippen LogP contribution in [0, 0.1) is 0 Å². The van der Waals surface area contributed by atoms with Gasteiger partial charge in [-0.1, -0.05) is 5.57 Å². The van der Waals surface area contributed by atoms with Crippen LogP contribution in [0.15, 0.2) is 12.1 Å². The van der Waals surface area contributed by atoms with E-state index >= 15 is 0 Å². The highest BCUT2D eigenvalue weighted by Crippen LogP contribution is 2.47. The summed E-state index contributed by atoms with van der Waals surface area (Å²) in [7, 11) is 0. The number of fused-ring (bicyclic) bond motifs is 4. The number of rotatable bonds is 0. The summed E-state index contributed by atoms with van der Waals surface area (Å²) in [6.45, 7) is 4.78. The van der Waals surface area contributed by atoms with Crippen molar-refractivity contribution in [3.63, 3.8) is 0 Å². The van der Waals surface area contributed by atoms with Crippen LogP contribution in [0.25, 0.3) is 11.1 Å². The van der Waals surface area contributed by atoms with Gasteiger partial charge < -0.3 is 9.64 Å². The lowest BCUT2D eigenvalue weighted by Gasteiger charge is -2.39. The number of hydrogen-bond acceptors (Lipinski definition) is 2. The molecule has 7 rings (SSSR count). The Labute approximate surface area is 172 Å². The first-order valence-corrected chi connectivity index (χ1v) is 11.8. The molecule has 0 saturated carbocycles. The van der Waals surface area contributed by atoms with Gasteiger partial charge in [0.1, 0.15) is 11.5 Å². The molecule has 2 nitrogen and oxygen atoms in total. The van der Waals surface area contributed by atoms with E-state index in [4.69, 9.17) is 4.74 Å². The zero-order chi connectivity index (χ0) is 19.1. The molecule has 2 heteroatoms. The van der Waals surface area contributed by atoms with Gasteiger partial charge in [-0.2, -0.15) is 0 Å². The normalized spacial score (nSPS) is 21.1. The van der Waals surface area contributed by atoms with Gasteiger partial charge in [0.05, 0.1) is 0 Å². The molecule has 2 aromatic carbocycles. The maximum absolute atomic E-state index is 6.93. The molecule has 3 aliphatic heterocycles. The molecule has 0 amide bonds. The van der Waals surface area contributed by atoms with E-state index in [9.17, 15) is 0 Å². The smallest absolute Gasteiger partial charge is 0.140 e. The van der Waals surface area contributed by atoms with Crippen molar-refractivity contribution in [2.75, 3.05) is 18.0 Å². The summed E-state index contributed by atoms with van der Waals surface area (Å²) in [5.41, 5.74) is 12.2. The molecule has 29 heavy (non-hydrogen) atoms. The average Bonchev–Trinajstić information content (AvgIpc) is 2.76. The second kappa shape index (κ2) is 5.90. The van der Waals surface area contributed by atoms with E-state index in [1.165, 1.54) is 122 Å². The molecule has 3 heterocycles. The van der Waals surface area contributed by atoms with Crippen LogP contribution >= 0.6 is 0 Å².